The molecule has 1 aromatic heterocycles. The van der Waals surface area contributed by atoms with E-state index in [-0.39, 0.29) is 5.78 Å². The van der Waals surface area contributed by atoms with Crippen LogP contribution in [0.2, 0.25) is 0 Å². The Bertz CT molecular complexity index is 528. The molecule has 78 valence electrons. The van der Waals surface area contributed by atoms with Crippen molar-refractivity contribution in [3.05, 3.63) is 33.9 Å². The van der Waals surface area contributed by atoms with Gasteiger partial charge in [0.15, 0.2) is 0 Å². The lowest BCUT2D eigenvalue weighted by atomic mass is 10.1. The minimum Gasteiger partial charge on any atom is -0.357 e. The highest BCUT2D eigenvalue weighted by molar-refractivity contribution is 9.10. The van der Waals surface area contributed by atoms with E-state index in [9.17, 15) is 4.79 Å². The molecule has 15 heavy (non-hydrogen) atoms. The summed E-state index contributed by atoms with van der Waals surface area (Å²) in [6, 6.07) is 6.07. The van der Waals surface area contributed by atoms with Gasteiger partial charge in [0, 0.05) is 22.0 Å². The monoisotopic (exact) mass is 265 g/mol. The first-order chi connectivity index (χ1) is 7.09. The molecule has 0 saturated heterocycles. The summed E-state index contributed by atoms with van der Waals surface area (Å²) in [5.74, 6) is 0.181. The third-order valence-corrected chi connectivity index (χ3v) is 3.23. The maximum absolute atomic E-state index is 11.1. The van der Waals surface area contributed by atoms with Crippen molar-refractivity contribution in [2.75, 3.05) is 0 Å². The number of carbonyl (C=O) groups excluding carboxylic acids is 1. The van der Waals surface area contributed by atoms with Crippen LogP contribution in [0, 0.1) is 6.92 Å². The second kappa shape index (κ2) is 3.81. The van der Waals surface area contributed by atoms with E-state index in [1.807, 2.05) is 19.1 Å². The van der Waals surface area contributed by atoms with Crippen LogP contribution < -0.4 is 0 Å². The first-order valence-electron chi connectivity index (χ1n) is 4.84. The number of aromatic amines is 1. The van der Waals surface area contributed by atoms with Gasteiger partial charge in [0.25, 0.3) is 0 Å². The SMILES string of the molecule is CC(=O)Cc1[nH]c2c(Br)cccc2c1C. The average molecular weight is 266 g/mol. The number of halogens is 1. The molecule has 0 unspecified atom stereocenters. The number of benzene rings is 1. The average Bonchev–Trinajstić information content (AvgIpc) is 2.46. The zero-order valence-electron chi connectivity index (χ0n) is 8.73. The van der Waals surface area contributed by atoms with Gasteiger partial charge in [-0.25, -0.2) is 0 Å². The molecule has 0 saturated carbocycles. The van der Waals surface area contributed by atoms with Crippen molar-refractivity contribution in [2.45, 2.75) is 20.3 Å². The molecule has 0 aliphatic rings. The number of nitrogens with one attached hydrogen (secondary N) is 1. The van der Waals surface area contributed by atoms with Crippen LogP contribution in [0.4, 0.5) is 0 Å². The van der Waals surface area contributed by atoms with E-state index >= 15 is 0 Å². The largest absolute Gasteiger partial charge is 0.357 e. The zero-order chi connectivity index (χ0) is 11.0. The second-order valence-electron chi connectivity index (χ2n) is 3.77. The van der Waals surface area contributed by atoms with Gasteiger partial charge in [0.2, 0.25) is 0 Å². The topological polar surface area (TPSA) is 32.9 Å². The van der Waals surface area contributed by atoms with E-state index in [4.69, 9.17) is 0 Å². The van der Waals surface area contributed by atoms with Gasteiger partial charge in [0.05, 0.1) is 5.52 Å². The summed E-state index contributed by atoms with van der Waals surface area (Å²) in [5, 5.41) is 1.18. The fourth-order valence-electron chi connectivity index (χ4n) is 1.80. The molecular weight excluding hydrogens is 254 g/mol. The summed E-state index contributed by atoms with van der Waals surface area (Å²) >= 11 is 3.49. The number of rotatable bonds is 2. The van der Waals surface area contributed by atoms with Crippen molar-refractivity contribution in [1.82, 2.24) is 4.98 Å². The molecule has 0 fully saturated rings. The summed E-state index contributed by atoms with van der Waals surface area (Å²) < 4.78 is 1.04. The summed E-state index contributed by atoms with van der Waals surface area (Å²) in [6.45, 7) is 3.66. The second-order valence-corrected chi connectivity index (χ2v) is 4.62. The predicted molar refractivity (Wildman–Crippen MR) is 65.1 cm³/mol. The number of Topliss-reactive ketones (excluding diaryl/α,β-unsaturated/α-hetero) is 1. The van der Waals surface area contributed by atoms with Crippen molar-refractivity contribution in [1.29, 1.82) is 0 Å². The van der Waals surface area contributed by atoms with E-state index < -0.39 is 0 Å². The van der Waals surface area contributed by atoms with Crippen molar-refractivity contribution in [3.63, 3.8) is 0 Å². The lowest BCUT2D eigenvalue weighted by Gasteiger charge is -1.94. The molecule has 0 aliphatic carbocycles. The van der Waals surface area contributed by atoms with E-state index in [2.05, 4.69) is 27.0 Å². The summed E-state index contributed by atoms with van der Waals surface area (Å²) in [6.07, 6.45) is 0.479. The number of H-pyrrole nitrogens is 1. The fourth-order valence-corrected chi connectivity index (χ4v) is 2.26. The van der Waals surface area contributed by atoms with Crippen LogP contribution >= 0.6 is 15.9 Å². The molecule has 1 N–H and O–H groups in total. The standard InChI is InChI=1S/C12H12BrNO/c1-7(15)6-11-8(2)9-4-3-5-10(13)12(9)14-11/h3-5,14H,6H2,1-2H3. The molecule has 2 rings (SSSR count). The van der Waals surface area contributed by atoms with Crippen LogP contribution in [0.25, 0.3) is 10.9 Å². The number of fused-ring (bicyclic) bond motifs is 1. The van der Waals surface area contributed by atoms with Gasteiger partial charge in [0.1, 0.15) is 5.78 Å². The van der Waals surface area contributed by atoms with E-state index in [1.54, 1.807) is 6.92 Å². The van der Waals surface area contributed by atoms with Crippen LogP contribution in [-0.2, 0) is 11.2 Å². The third-order valence-electron chi connectivity index (χ3n) is 2.57. The zero-order valence-corrected chi connectivity index (χ0v) is 10.3. The quantitative estimate of drug-likeness (QED) is 0.888. The molecule has 1 aromatic carbocycles. The number of hydrogen-bond donors (Lipinski definition) is 1. The number of aryl methyl sites for hydroxylation is 1. The minimum atomic E-state index is 0.181. The van der Waals surface area contributed by atoms with Gasteiger partial charge >= 0.3 is 0 Å². The molecule has 1 heterocycles. The van der Waals surface area contributed by atoms with E-state index in [0.29, 0.717) is 6.42 Å². The highest BCUT2D eigenvalue weighted by Crippen LogP contribution is 2.27. The molecule has 0 amide bonds. The Labute approximate surface area is 96.8 Å². The third kappa shape index (κ3) is 1.84. The normalized spacial score (nSPS) is 10.9. The van der Waals surface area contributed by atoms with Gasteiger partial charge in [-0.05, 0) is 41.4 Å². The highest BCUT2D eigenvalue weighted by Gasteiger charge is 2.10. The van der Waals surface area contributed by atoms with Crippen LogP contribution in [0.5, 0.6) is 0 Å². The predicted octanol–water partition coefficient (Wildman–Crippen LogP) is 3.37. The van der Waals surface area contributed by atoms with Gasteiger partial charge in [-0.3, -0.25) is 4.79 Å². The number of aromatic nitrogens is 1. The minimum absolute atomic E-state index is 0.181. The molecule has 2 nitrogen and oxygen atoms in total. The lowest BCUT2D eigenvalue weighted by Crippen LogP contribution is -1.97. The number of para-hydroxylation sites is 1. The van der Waals surface area contributed by atoms with Crippen molar-refractivity contribution in [2.24, 2.45) is 0 Å². The van der Waals surface area contributed by atoms with Crippen molar-refractivity contribution in [3.8, 4) is 0 Å². The Kier molecular flexibility index (Phi) is 2.65. The summed E-state index contributed by atoms with van der Waals surface area (Å²) in [7, 11) is 0. The smallest absolute Gasteiger partial charge is 0.135 e. The Balaban J connectivity index is 2.64. The molecular formula is C12H12BrNO. The lowest BCUT2D eigenvalue weighted by molar-refractivity contribution is -0.116. The summed E-state index contributed by atoms with van der Waals surface area (Å²) in [5.41, 5.74) is 3.26. The Hall–Kier alpha value is -1.09. The van der Waals surface area contributed by atoms with Crippen molar-refractivity contribution < 1.29 is 4.79 Å². The van der Waals surface area contributed by atoms with Crippen LogP contribution in [-0.4, -0.2) is 10.8 Å². The molecule has 3 heteroatoms. The molecule has 2 aromatic rings. The fraction of sp³-hybridized carbons (Fsp3) is 0.250. The first kappa shape index (κ1) is 10.4. The van der Waals surface area contributed by atoms with Crippen LogP contribution in [0.15, 0.2) is 22.7 Å². The van der Waals surface area contributed by atoms with E-state index in [0.717, 1.165) is 15.7 Å². The number of ketones is 1. The highest BCUT2D eigenvalue weighted by atomic mass is 79.9. The van der Waals surface area contributed by atoms with Gasteiger partial charge in [-0.15, -0.1) is 0 Å². The number of hydrogen-bond acceptors (Lipinski definition) is 1. The molecule has 0 bridgehead atoms. The van der Waals surface area contributed by atoms with Crippen LogP contribution in [0.3, 0.4) is 0 Å². The van der Waals surface area contributed by atoms with Crippen LogP contribution in [0.1, 0.15) is 18.2 Å². The molecule has 0 spiro atoms. The van der Waals surface area contributed by atoms with Gasteiger partial charge in [-0.1, -0.05) is 12.1 Å². The molecule has 0 atom stereocenters. The Morgan fingerprint density at radius 1 is 1.47 bits per heavy atom. The molecule has 0 radical (unpaired) electrons. The van der Waals surface area contributed by atoms with E-state index in [1.165, 1.54) is 10.9 Å². The molecule has 0 aliphatic heterocycles. The summed E-state index contributed by atoms with van der Waals surface area (Å²) in [4.78, 5) is 14.4. The Morgan fingerprint density at radius 2 is 2.20 bits per heavy atom. The van der Waals surface area contributed by atoms with Gasteiger partial charge < -0.3 is 4.98 Å². The Morgan fingerprint density at radius 3 is 2.80 bits per heavy atom. The maximum Gasteiger partial charge on any atom is 0.135 e. The maximum atomic E-state index is 11.1. The first-order valence-corrected chi connectivity index (χ1v) is 5.64. The number of carbonyl (C=O) groups is 1. The van der Waals surface area contributed by atoms with Gasteiger partial charge in [-0.2, -0.15) is 0 Å². The van der Waals surface area contributed by atoms with Crippen molar-refractivity contribution >= 4 is 32.6 Å².